The second kappa shape index (κ2) is 9.39. The Bertz CT molecular complexity index is 820. The number of carboxylic acids is 1. The van der Waals surface area contributed by atoms with Crippen molar-refractivity contribution in [1.29, 1.82) is 0 Å². The highest BCUT2D eigenvalue weighted by molar-refractivity contribution is 5.67. The number of aliphatic hydroxyl groups is 2. The summed E-state index contributed by atoms with van der Waals surface area (Å²) in [5, 5.41) is 33.0. The summed E-state index contributed by atoms with van der Waals surface area (Å²) in [6.45, 7) is 2.03. The molecule has 0 aromatic heterocycles. The highest BCUT2D eigenvalue weighted by Gasteiger charge is 2.47. The van der Waals surface area contributed by atoms with Crippen molar-refractivity contribution >= 4 is 5.97 Å². The number of carbonyl (C=O) groups is 1. The Balaban J connectivity index is 1.57. The Morgan fingerprint density at radius 2 is 1.94 bits per heavy atom. The van der Waals surface area contributed by atoms with Gasteiger partial charge >= 0.3 is 5.97 Å². The van der Waals surface area contributed by atoms with E-state index in [2.05, 4.69) is 5.32 Å². The molecule has 1 saturated heterocycles. The molecule has 3 fully saturated rings. The van der Waals surface area contributed by atoms with Gasteiger partial charge in [0.05, 0.1) is 18.6 Å². The van der Waals surface area contributed by atoms with Crippen LogP contribution in [0.5, 0.6) is 0 Å². The first-order valence-electron chi connectivity index (χ1n) is 11.6. The molecule has 4 rings (SSSR count). The maximum Gasteiger partial charge on any atom is 0.305 e. The van der Waals surface area contributed by atoms with E-state index in [1.165, 1.54) is 31.7 Å². The molecule has 3 aliphatic rings. The molecule has 6 heteroatoms. The van der Waals surface area contributed by atoms with Crippen LogP contribution < -0.4 is 5.32 Å². The summed E-state index contributed by atoms with van der Waals surface area (Å²) in [6, 6.07) is 5.77. The third-order valence-electron chi connectivity index (χ3n) is 7.23. The van der Waals surface area contributed by atoms with Crippen molar-refractivity contribution in [3.05, 3.63) is 47.3 Å². The molecule has 0 spiro atoms. The number of hydrogen-bond donors (Lipinski definition) is 4. The van der Waals surface area contributed by atoms with E-state index in [9.17, 15) is 19.4 Å². The average molecular weight is 432 g/mol. The number of hydrogen-bond acceptors (Lipinski definition) is 4. The molecular formula is C25H34FNO4. The smallest absolute Gasteiger partial charge is 0.305 e. The molecule has 2 saturated carbocycles. The van der Waals surface area contributed by atoms with E-state index in [-0.39, 0.29) is 30.5 Å². The Morgan fingerprint density at radius 3 is 2.58 bits per heavy atom. The van der Waals surface area contributed by atoms with Crippen LogP contribution >= 0.6 is 0 Å². The normalized spacial score (nSPS) is 31.0. The van der Waals surface area contributed by atoms with Gasteiger partial charge in [0.2, 0.25) is 0 Å². The molecule has 1 heterocycles. The lowest BCUT2D eigenvalue weighted by Crippen LogP contribution is -2.52. The van der Waals surface area contributed by atoms with E-state index in [1.54, 1.807) is 12.1 Å². The molecule has 0 amide bonds. The number of aliphatic hydroxyl groups excluding tert-OH is 2. The highest BCUT2D eigenvalue weighted by atomic mass is 19.1. The van der Waals surface area contributed by atoms with Crippen LogP contribution in [0, 0.1) is 30.5 Å². The summed E-state index contributed by atoms with van der Waals surface area (Å²) < 4.78 is 14.2. The van der Waals surface area contributed by atoms with E-state index in [0.717, 1.165) is 17.5 Å². The van der Waals surface area contributed by atoms with Gasteiger partial charge in [-0.1, -0.05) is 18.2 Å². The lowest BCUT2D eigenvalue weighted by molar-refractivity contribution is -0.139. The van der Waals surface area contributed by atoms with Gasteiger partial charge in [0.15, 0.2) is 0 Å². The molecule has 1 aliphatic heterocycles. The molecular weight excluding hydrogens is 397 g/mol. The van der Waals surface area contributed by atoms with Gasteiger partial charge in [0.1, 0.15) is 5.82 Å². The highest BCUT2D eigenvalue weighted by Crippen LogP contribution is 2.49. The van der Waals surface area contributed by atoms with Crippen molar-refractivity contribution in [2.75, 3.05) is 0 Å². The quantitative estimate of drug-likeness (QED) is 0.449. The second-order valence-electron chi connectivity index (χ2n) is 9.83. The third-order valence-corrected chi connectivity index (χ3v) is 7.23. The molecule has 2 aliphatic carbocycles. The first kappa shape index (κ1) is 22.4. The fraction of sp³-hybridized carbons (Fsp3) is 0.640. The van der Waals surface area contributed by atoms with E-state index < -0.39 is 18.2 Å². The van der Waals surface area contributed by atoms with Crippen LogP contribution in [-0.4, -0.2) is 45.6 Å². The Morgan fingerprint density at radius 1 is 1.23 bits per heavy atom. The number of halogens is 1. The van der Waals surface area contributed by atoms with E-state index in [1.807, 2.05) is 19.1 Å². The van der Waals surface area contributed by atoms with Gasteiger partial charge in [-0.05, 0) is 86.0 Å². The molecule has 1 aromatic rings. The van der Waals surface area contributed by atoms with Crippen molar-refractivity contribution in [3.8, 4) is 0 Å². The number of aliphatic carboxylic acids is 1. The van der Waals surface area contributed by atoms with Gasteiger partial charge in [-0.3, -0.25) is 4.79 Å². The standard InChI is InChI=1S/C25H34FNO4/c1-14-2-7-17(26)10-21(14)22-13-23(15-3-4-15)27-25(16-5-6-16)20(22)9-8-18(28)11-19(29)12-24(30)31/h2,7-10,15-16,18-20,22-23,25,27-29H,3-6,11-13H2,1H3,(H,30,31)/b9-8+/t18-,19-,20?,22?,23?,25?/m1/s1. The zero-order chi connectivity index (χ0) is 22.1. The summed E-state index contributed by atoms with van der Waals surface area (Å²) in [5.74, 6) is 0.294. The lowest BCUT2D eigenvalue weighted by Gasteiger charge is -2.43. The molecule has 0 radical (unpaired) electrons. The van der Waals surface area contributed by atoms with Gasteiger partial charge < -0.3 is 20.6 Å². The van der Waals surface area contributed by atoms with Crippen LogP contribution in [0.1, 0.15) is 62.0 Å². The summed E-state index contributed by atoms with van der Waals surface area (Å²) in [5.41, 5.74) is 2.14. The zero-order valence-corrected chi connectivity index (χ0v) is 18.1. The minimum absolute atomic E-state index is 0.00853. The minimum Gasteiger partial charge on any atom is -0.481 e. The molecule has 4 unspecified atom stereocenters. The topological polar surface area (TPSA) is 89.8 Å². The van der Waals surface area contributed by atoms with Crippen molar-refractivity contribution in [2.45, 2.75) is 82.1 Å². The SMILES string of the molecule is Cc1ccc(F)cc1C1CC(C2CC2)NC(C2CC2)C1/C=C/[C@@H](O)C[C@@H](O)CC(=O)O. The molecule has 4 N–H and O–H groups in total. The number of aryl methyl sites for hydroxylation is 1. The monoisotopic (exact) mass is 431 g/mol. The Kier molecular flexibility index (Phi) is 6.80. The predicted molar refractivity (Wildman–Crippen MR) is 116 cm³/mol. The van der Waals surface area contributed by atoms with Crippen LogP contribution in [0.4, 0.5) is 4.39 Å². The van der Waals surface area contributed by atoms with Gasteiger partial charge in [-0.2, -0.15) is 0 Å². The number of rotatable bonds is 9. The predicted octanol–water partition coefficient (Wildman–Crippen LogP) is 3.53. The number of piperidine rings is 1. The lowest BCUT2D eigenvalue weighted by atomic mass is 9.71. The van der Waals surface area contributed by atoms with Crippen LogP contribution in [0.2, 0.25) is 0 Å². The largest absolute Gasteiger partial charge is 0.481 e. The van der Waals surface area contributed by atoms with E-state index in [4.69, 9.17) is 5.11 Å². The van der Waals surface area contributed by atoms with Crippen LogP contribution in [0.15, 0.2) is 30.4 Å². The summed E-state index contributed by atoms with van der Waals surface area (Å²) in [4.78, 5) is 10.8. The molecule has 170 valence electrons. The van der Waals surface area contributed by atoms with Gasteiger partial charge in [0.25, 0.3) is 0 Å². The molecule has 31 heavy (non-hydrogen) atoms. The Hall–Kier alpha value is -1.76. The average Bonchev–Trinajstić information content (AvgIpc) is 3.60. The molecule has 5 nitrogen and oxygen atoms in total. The number of nitrogens with one attached hydrogen (secondary N) is 1. The van der Waals surface area contributed by atoms with Gasteiger partial charge in [-0.15, -0.1) is 0 Å². The number of benzene rings is 1. The third kappa shape index (κ3) is 5.73. The summed E-state index contributed by atoms with van der Waals surface area (Å²) >= 11 is 0. The van der Waals surface area contributed by atoms with Crippen molar-refractivity contribution in [1.82, 2.24) is 5.32 Å². The maximum absolute atomic E-state index is 14.2. The minimum atomic E-state index is -1.08. The van der Waals surface area contributed by atoms with Crippen molar-refractivity contribution < 1.29 is 24.5 Å². The van der Waals surface area contributed by atoms with E-state index >= 15 is 0 Å². The fourth-order valence-electron chi connectivity index (χ4n) is 5.34. The summed E-state index contributed by atoms with van der Waals surface area (Å²) in [6.07, 6.45) is 7.19. The summed E-state index contributed by atoms with van der Waals surface area (Å²) in [7, 11) is 0. The fourth-order valence-corrected chi connectivity index (χ4v) is 5.34. The van der Waals surface area contributed by atoms with Crippen molar-refractivity contribution in [3.63, 3.8) is 0 Å². The molecule has 6 atom stereocenters. The first-order chi connectivity index (χ1) is 14.8. The van der Waals surface area contributed by atoms with Gasteiger partial charge in [-0.25, -0.2) is 4.39 Å². The van der Waals surface area contributed by atoms with Crippen LogP contribution in [0.3, 0.4) is 0 Å². The molecule has 0 bridgehead atoms. The second-order valence-corrected chi connectivity index (χ2v) is 9.83. The number of carboxylic acid groups (broad SMARTS) is 1. The van der Waals surface area contributed by atoms with Gasteiger partial charge in [0, 0.05) is 18.5 Å². The zero-order valence-electron chi connectivity index (χ0n) is 18.1. The van der Waals surface area contributed by atoms with Crippen molar-refractivity contribution in [2.24, 2.45) is 17.8 Å². The molecule has 1 aromatic carbocycles. The van der Waals surface area contributed by atoms with Crippen LogP contribution in [-0.2, 0) is 4.79 Å². The maximum atomic E-state index is 14.2. The first-order valence-corrected chi connectivity index (χ1v) is 11.6. The van der Waals surface area contributed by atoms with Crippen LogP contribution in [0.25, 0.3) is 0 Å². The Labute approximate surface area is 183 Å². The van der Waals surface area contributed by atoms with E-state index in [0.29, 0.717) is 23.9 Å².